The summed E-state index contributed by atoms with van der Waals surface area (Å²) >= 11 is 0. The summed E-state index contributed by atoms with van der Waals surface area (Å²) < 4.78 is 0. The summed E-state index contributed by atoms with van der Waals surface area (Å²) in [6, 6.07) is 0.894. The predicted molar refractivity (Wildman–Crippen MR) is 85.0 cm³/mol. The van der Waals surface area contributed by atoms with Crippen molar-refractivity contribution in [1.29, 1.82) is 0 Å². The van der Waals surface area contributed by atoms with Crippen LogP contribution in [0.5, 0.6) is 5.75 Å². The molecule has 14 heteroatoms. The summed E-state index contributed by atoms with van der Waals surface area (Å²) in [7, 11) is 0. The van der Waals surface area contributed by atoms with Gasteiger partial charge in [0.05, 0.1) is 26.9 Å². The molecule has 146 valence electrons. The standard InChI is InChI=1S/C6H3N3O7.C6H15NO3/c10-6-4(8(13)14)1-3(7(11)12)2-5(6)9(15)16;1-4(8)7(5(2)9)6(3)10/h1-2,10H;4-6,8-10H,1-3H3. The molecule has 0 aromatic heterocycles. The predicted octanol–water partition coefficient (Wildman–Crippen LogP) is 0.420. The Labute approximate surface area is 146 Å². The van der Waals surface area contributed by atoms with Crippen molar-refractivity contribution in [1.82, 2.24) is 4.90 Å². The van der Waals surface area contributed by atoms with E-state index in [1.54, 1.807) is 0 Å². The second-order valence-corrected chi connectivity index (χ2v) is 4.95. The molecule has 14 nitrogen and oxygen atoms in total. The molecule has 1 aromatic carbocycles. The van der Waals surface area contributed by atoms with Gasteiger partial charge in [0.1, 0.15) is 18.7 Å². The van der Waals surface area contributed by atoms with Gasteiger partial charge in [-0.2, -0.15) is 0 Å². The molecule has 0 heterocycles. The number of aliphatic hydroxyl groups excluding tert-OH is 3. The van der Waals surface area contributed by atoms with Crippen LogP contribution >= 0.6 is 0 Å². The smallest absolute Gasteiger partial charge is 0.324 e. The van der Waals surface area contributed by atoms with Gasteiger partial charge in [0.15, 0.2) is 0 Å². The maximum absolute atomic E-state index is 10.4. The van der Waals surface area contributed by atoms with Crippen LogP contribution < -0.4 is 0 Å². The highest BCUT2D eigenvalue weighted by atomic mass is 16.6. The molecular weight excluding hydrogens is 360 g/mol. The topological polar surface area (TPSA) is 214 Å². The Morgan fingerprint density at radius 2 is 1.12 bits per heavy atom. The molecule has 0 aliphatic carbocycles. The first-order valence-electron chi connectivity index (χ1n) is 6.93. The fourth-order valence-electron chi connectivity index (χ4n) is 1.91. The quantitative estimate of drug-likeness (QED) is 0.302. The SMILES string of the molecule is CC(O)N(C(C)O)C(C)O.O=[N+]([O-])c1cc([N+](=O)[O-])c(O)c([N+](=O)[O-])c1. The Bertz CT molecular complexity index is 622. The van der Waals surface area contributed by atoms with Gasteiger partial charge in [0.2, 0.25) is 0 Å². The van der Waals surface area contributed by atoms with Gasteiger partial charge in [-0.1, -0.05) is 0 Å². The van der Waals surface area contributed by atoms with Crippen molar-refractivity contribution in [2.45, 2.75) is 39.5 Å². The first-order chi connectivity index (χ1) is 11.8. The van der Waals surface area contributed by atoms with E-state index in [2.05, 4.69) is 0 Å². The molecule has 0 aliphatic heterocycles. The normalized spacial score (nSPS) is 14.0. The molecule has 0 amide bonds. The first-order valence-corrected chi connectivity index (χ1v) is 6.93. The van der Waals surface area contributed by atoms with Crippen LogP contribution in [0.15, 0.2) is 12.1 Å². The number of nitrogens with zero attached hydrogens (tertiary/aromatic N) is 4. The molecule has 0 fully saturated rings. The van der Waals surface area contributed by atoms with Gasteiger partial charge in [-0.25, -0.2) is 4.90 Å². The van der Waals surface area contributed by atoms with Crippen molar-refractivity contribution in [2.24, 2.45) is 0 Å². The van der Waals surface area contributed by atoms with Crippen LogP contribution in [0.3, 0.4) is 0 Å². The molecule has 0 saturated heterocycles. The molecule has 0 radical (unpaired) electrons. The minimum atomic E-state index is -1.21. The molecule has 4 N–H and O–H groups in total. The molecule has 0 spiro atoms. The van der Waals surface area contributed by atoms with E-state index in [0.29, 0.717) is 12.1 Å². The molecule has 1 rings (SSSR count). The van der Waals surface area contributed by atoms with Crippen LogP contribution in [0.2, 0.25) is 0 Å². The van der Waals surface area contributed by atoms with Gasteiger partial charge in [0, 0.05) is 0 Å². The number of nitro benzene ring substituents is 3. The minimum Gasteiger partial charge on any atom is -0.497 e. The third kappa shape index (κ3) is 6.17. The highest BCUT2D eigenvalue weighted by molar-refractivity contribution is 5.64. The van der Waals surface area contributed by atoms with Crippen LogP contribution in [-0.4, -0.2) is 58.8 Å². The number of nitro groups is 3. The number of hydrogen-bond acceptors (Lipinski definition) is 11. The molecular formula is C12H18N4O10. The second kappa shape index (κ2) is 9.52. The van der Waals surface area contributed by atoms with Gasteiger partial charge < -0.3 is 20.4 Å². The highest BCUT2D eigenvalue weighted by Crippen LogP contribution is 2.38. The van der Waals surface area contributed by atoms with Gasteiger partial charge in [0.25, 0.3) is 11.4 Å². The van der Waals surface area contributed by atoms with Crippen LogP contribution in [0.25, 0.3) is 0 Å². The average molecular weight is 378 g/mol. The van der Waals surface area contributed by atoms with Crippen LogP contribution in [0, 0.1) is 30.3 Å². The Kier molecular flexibility index (Phi) is 8.44. The van der Waals surface area contributed by atoms with Crippen molar-refractivity contribution < 1.29 is 35.2 Å². The molecule has 0 saturated carbocycles. The van der Waals surface area contributed by atoms with Crippen LogP contribution in [0.4, 0.5) is 17.1 Å². The lowest BCUT2D eigenvalue weighted by Gasteiger charge is -2.30. The Hall–Kier alpha value is -2.94. The summed E-state index contributed by atoms with van der Waals surface area (Å²) in [5.74, 6) is -1.21. The van der Waals surface area contributed by atoms with E-state index in [0.717, 1.165) is 0 Å². The van der Waals surface area contributed by atoms with E-state index in [-0.39, 0.29) is 0 Å². The van der Waals surface area contributed by atoms with E-state index in [4.69, 9.17) is 20.4 Å². The van der Waals surface area contributed by atoms with Crippen LogP contribution in [-0.2, 0) is 0 Å². The summed E-state index contributed by atoms with van der Waals surface area (Å²) in [6.07, 6.45) is -2.50. The number of aliphatic hydroxyl groups is 3. The van der Waals surface area contributed by atoms with E-state index in [1.165, 1.54) is 25.7 Å². The number of non-ortho nitro benzene ring substituents is 1. The van der Waals surface area contributed by atoms with Crippen molar-refractivity contribution in [2.75, 3.05) is 0 Å². The molecule has 0 aliphatic rings. The minimum absolute atomic E-state index is 0.447. The van der Waals surface area contributed by atoms with Gasteiger partial charge in [-0.05, 0) is 20.8 Å². The maximum atomic E-state index is 10.4. The number of aromatic hydroxyl groups is 1. The fraction of sp³-hybridized carbons (Fsp3) is 0.500. The Balaban J connectivity index is 0.000000541. The van der Waals surface area contributed by atoms with Crippen LogP contribution in [0.1, 0.15) is 20.8 Å². The molecule has 1 aromatic rings. The Morgan fingerprint density at radius 3 is 1.27 bits per heavy atom. The fourth-order valence-corrected chi connectivity index (χ4v) is 1.91. The van der Waals surface area contributed by atoms with Gasteiger partial charge in [-0.3, -0.25) is 30.3 Å². The lowest BCUT2D eigenvalue weighted by atomic mass is 10.2. The van der Waals surface area contributed by atoms with Gasteiger partial charge in [-0.15, -0.1) is 0 Å². The zero-order chi connectivity index (χ0) is 20.8. The number of benzene rings is 1. The Morgan fingerprint density at radius 1 is 0.808 bits per heavy atom. The highest BCUT2D eigenvalue weighted by Gasteiger charge is 2.30. The summed E-state index contributed by atoms with van der Waals surface area (Å²) in [4.78, 5) is 28.9. The van der Waals surface area contributed by atoms with Gasteiger partial charge >= 0.3 is 11.4 Å². The molecule has 3 unspecified atom stereocenters. The maximum Gasteiger partial charge on any atom is 0.324 e. The summed E-state index contributed by atoms with van der Waals surface area (Å²) in [6.45, 7) is 4.46. The zero-order valence-electron chi connectivity index (χ0n) is 13.9. The van der Waals surface area contributed by atoms with Crippen molar-refractivity contribution in [3.63, 3.8) is 0 Å². The number of phenols is 1. The second-order valence-electron chi connectivity index (χ2n) is 4.95. The van der Waals surface area contributed by atoms with Crippen molar-refractivity contribution in [3.8, 4) is 5.75 Å². The first kappa shape index (κ1) is 23.1. The third-order valence-corrected chi connectivity index (χ3v) is 2.95. The van der Waals surface area contributed by atoms with E-state index in [9.17, 15) is 30.3 Å². The number of rotatable bonds is 6. The third-order valence-electron chi connectivity index (χ3n) is 2.95. The van der Waals surface area contributed by atoms with E-state index < -0.39 is 56.3 Å². The lowest BCUT2D eigenvalue weighted by molar-refractivity contribution is -0.404. The number of hydrogen-bond donors (Lipinski definition) is 4. The number of phenolic OH excluding ortho intramolecular Hbond substituents is 1. The molecule has 3 atom stereocenters. The zero-order valence-corrected chi connectivity index (χ0v) is 13.9. The molecule has 26 heavy (non-hydrogen) atoms. The summed E-state index contributed by atoms with van der Waals surface area (Å²) in [5.41, 5.74) is -3.00. The van der Waals surface area contributed by atoms with E-state index >= 15 is 0 Å². The van der Waals surface area contributed by atoms with E-state index in [1.807, 2.05) is 0 Å². The van der Waals surface area contributed by atoms with Crippen molar-refractivity contribution in [3.05, 3.63) is 42.5 Å². The summed E-state index contributed by atoms with van der Waals surface area (Å²) in [5, 5.41) is 67.1. The molecule has 0 bridgehead atoms. The largest absolute Gasteiger partial charge is 0.497 e. The lowest BCUT2D eigenvalue weighted by Crippen LogP contribution is -2.45. The monoisotopic (exact) mass is 378 g/mol. The van der Waals surface area contributed by atoms with Crippen molar-refractivity contribution >= 4 is 17.1 Å². The average Bonchev–Trinajstić information content (AvgIpc) is 2.45.